The molecule has 30 heavy (non-hydrogen) atoms. The average molecular weight is 427 g/mol. The van der Waals surface area contributed by atoms with E-state index in [2.05, 4.69) is 79.9 Å². The fourth-order valence-corrected chi connectivity index (χ4v) is 6.41. The summed E-state index contributed by atoms with van der Waals surface area (Å²) in [6.07, 6.45) is 2.35. The van der Waals surface area contributed by atoms with Crippen LogP contribution in [0.2, 0.25) is 0 Å². The molecule has 1 nitrogen and oxygen atoms in total. The lowest BCUT2D eigenvalue weighted by Gasteiger charge is -2.25. The van der Waals surface area contributed by atoms with E-state index in [9.17, 15) is 0 Å². The highest BCUT2D eigenvalue weighted by atomic mass is 32.1. The van der Waals surface area contributed by atoms with Crippen LogP contribution in [0, 0.1) is 0 Å². The Labute approximate surface area is 184 Å². The van der Waals surface area contributed by atoms with Crippen LogP contribution in [0.4, 0.5) is 0 Å². The quantitative estimate of drug-likeness (QED) is 0.269. The zero-order valence-electron chi connectivity index (χ0n) is 17.1. The van der Waals surface area contributed by atoms with E-state index in [-0.39, 0.29) is 6.10 Å². The minimum Gasteiger partial charge on any atom is -0.491 e. The number of hydrogen-bond acceptors (Lipinski definition) is 3. The molecule has 0 aliphatic heterocycles. The first-order valence-electron chi connectivity index (χ1n) is 10.5. The van der Waals surface area contributed by atoms with Gasteiger partial charge in [-0.1, -0.05) is 24.3 Å². The maximum atomic E-state index is 5.76. The molecule has 0 unspecified atom stereocenters. The van der Waals surface area contributed by atoms with Crippen molar-refractivity contribution in [1.82, 2.24) is 0 Å². The molecule has 0 saturated carbocycles. The normalized spacial score (nSPS) is 12.2. The van der Waals surface area contributed by atoms with E-state index >= 15 is 0 Å². The van der Waals surface area contributed by atoms with Crippen LogP contribution >= 0.6 is 22.7 Å². The van der Waals surface area contributed by atoms with Gasteiger partial charge in [-0.25, -0.2) is 0 Å². The SMILES string of the molecule is CC(C)Oc1ccc(CCc2cc3c4c(ccc3s2)-c2c-4ccc3sccc23)cc1. The molecular formula is C27H22OS2. The lowest BCUT2D eigenvalue weighted by atomic mass is 9.77. The second-order valence-electron chi connectivity index (χ2n) is 8.24. The van der Waals surface area contributed by atoms with Gasteiger partial charge in [0.1, 0.15) is 5.75 Å². The van der Waals surface area contributed by atoms with E-state index in [1.54, 1.807) is 0 Å². The largest absolute Gasteiger partial charge is 0.491 e. The lowest BCUT2D eigenvalue weighted by molar-refractivity contribution is 0.242. The van der Waals surface area contributed by atoms with Crippen molar-refractivity contribution in [3.05, 3.63) is 76.5 Å². The van der Waals surface area contributed by atoms with E-state index in [0.29, 0.717) is 0 Å². The van der Waals surface area contributed by atoms with Crippen LogP contribution in [-0.4, -0.2) is 6.10 Å². The molecule has 0 atom stereocenters. The van der Waals surface area contributed by atoms with Gasteiger partial charge in [-0.2, -0.15) is 0 Å². The van der Waals surface area contributed by atoms with Crippen LogP contribution in [0.15, 0.2) is 66.0 Å². The van der Waals surface area contributed by atoms with Crippen molar-refractivity contribution in [1.29, 1.82) is 0 Å². The molecule has 0 saturated heterocycles. The van der Waals surface area contributed by atoms with Gasteiger partial charge in [-0.3, -0.25) is 0 Å². The van der Waals surface area contributed by atoms with Crippen molar-refractivity contribution in [2.75, 3.05) is 0 Å². The van der Waals surface area contributed by atoms with Gasteiger partial charge >= 0.3 is 0 Å². The Morgan fingerprint density at radius 3 is 2.27 bits per heavy atom. The summed E-state index contributed by atoms with van der Waals surface area (Å²) < 4.78 is 8.54. The number of rotatable bonds is 5. The minimum absolute atomic E-state index is 0.216. The molecule has 2 heterocycles. The Morgan fingerprint density at radius 1 is 0.767 bits per heavy atom. The Morgan fingerprint density at radius 2 is 1.50 bits per heavy atom. The summed E-state index contributed by atoms with van der Waals surface area (Å²) in [7, 11) is 0. The highest BCUT2D eigenvalue weighted by Gasteiger charge is 2.27. The first-order valence-corrected chi connectivity index (χ1v) is 12.2. The molecule has 1 aliphatic rings. The number of benzene rings is 3. The van der Waals surface area contributed by atoms with E-state index in [1.165, 1.54) is 52.9 Å². The number of aryl methyl sites for hydroxylation is 2. The van der Waals surface area contributed by atoms with Crippen molar-refractivity contribution in [2.45, 2.75) is 32.8 Å². The molecule has 0 spiro atoms. The standard InChI is InChI=1S/C27H22OS2/c1-16(2)28-18-6-3-17(4-7-18)5-8-19-15-23-25(30-19)12-10-22-26-20-13-14-29-24(20)11-9-21(26)27(22)23/h3-4,6-7,9-16H,5,8H2,1-2H3. The van der Waals surface area contributed by atoms with E-state index in [4.69, 9.17) is 4.74 Å². The van der Waals surface area contributed by atoms with Gasteiger partial charge in [0.2, 0.25) is 0 Å². The van der Waals surface area contributed by atoms with Crippen molar-refractivity contribution >= 4 is 42.8 Å². The molecule has 0 bridgehead atoms. The first-order chi connectivity index (χ1) is 14.7. The first kappa shape index (κ1) is 18.2. The van der Waals surface area contributed by atoms with Crippen LogP contribution < -0.4 is 4.74 Å². The molecule has 0 N–H and O–H groups in total. The van der Waals surface area contributed by atoms with Gasteiger partial charge < -0.3 is 4.74 Å². The zero-order valence-corrected chi connectivity index (χ0v) is 18.7. The van der Waals surface area contributed by atoms with Gasteiger partial charge in [0.05, 0.1) is 6.10 Å². The fourth-order valence-electron chi connectivity index (χ4n) is 4.54. The summed E-state index contributed by atoms with van der Waals surface area (Å²) in [6.45, 7) is 4.12. The highest BCUT2D eigenvalue weighted by molar-refractivity contribution is 7.19. The Bertz CT molecular complexity index is 1390. The molecule has 1 aliphatic carbocycles. The Kier molecular flexibility index (Phi) is 4.22. The monoisotopic (exact) mass is 426 g/mol. The number of hydrogen-bond donors (Lipinski definition) is 0. The van der Waals surface area contributed by atoms with Crippen LogP contribution in [0.3, 0.4) is 0 Å². The molecule has 3 heteroatoms. The third-order valence-corrected chi connectivity index (χ3v) is 7.92. The van der Waals surface area contributed by atoms with Gasteiger partial charge in [0.15, 0.2) is 0 Å². The molecular weight excluding hydrogens is 404 g/mol. The fraction of sp³-hybridized carbons (Fsp3) is 0.185. The summed E-state index contributed by atoms with van der Waals surface area (Å²) in [5, 5.41) is 5.03. The second kappa shape index (κ2) is 6.97. The summed E-state index contributed by atoms with van der Waals surface area (Å²) in [4.78, 5) is 1.46. The Balaban J connectivity index is 1.27. The minimum atomic E-state index is 0.216. The zero-order chi connectivity index (χ0) is 20.2. The molecule has 2 aromatic heterocycles. The van der Waals surface area contributed by atoms with E-state index < -0.39 is 0 Å². The predicted octanol–water partition coefficient (Wildman–Crippen LogP) is 8.34. The summed E-state index contributed by atoms with van der Waals surface area (Å²) in [5.74, 6) is 0.952. The number of fused-ring (bicyclic) bond motifs is 8. The van der Waals surface area contributed by atoms with Crippen LogP contribution in [0.5, 0.6) is 5.75 Å². The van der Waals surface area contributed by atoms with Crippen LogP contribution in [0.25, 0.3) is 42.4 Å². The molecule has 0 fully saturated rings. The third kappa shape index (κ3) is 2.88. The van der Waals surface area contributed by atoms with Crippen molar-refractivity contribution in [2.24, 2.45) is 0 Å². The molecule has 6 rings (SSSR count). The van der Waals surface area contributed by atoms with Crippen LogP contribution in [-0.2, 0) is 12.8 Å². The van der Waals surface area contributed by atoms with Crippen molar-refractivity contribution in [3.63, 3.8) is 0 Å². The summed E-state index contributed by atoms with van der Waals surface area (Å²) >= 11 is 3.77. The Hall–Kier alpha value is -2.62. The maximum Gasteiger partial charge on any atom is 0.119 e. The summed E-state index contributed by atoms with van der Waals surface area (Å²) in [6, 6.07) is 22.5. The highest BCUT2D eigenvalue weighted by Crippen LogP contribution is 2.55. The van der Waals surface area contributed by atoms with E-state index in [0.717, 1.165) is 18.6 Å². The molecule has 5 aromatic rings. The number of ether oxygens (including phenoxy) is 1. The molecule has 148 valence electrons. The van der Waals surface area contributed by atoms with E-state index in [1.807, 2.05) is 22.7 Å². The third-order valence-electron chi connectivity index (χ3n) is 5.88. The van der Waals surface area contributed by atoms with Gasteiger partial charge in [0, 0.05) is 25.0 Å². The molecule has 0 radical (unpaired) electrons. The van der Waals surface area contributed by atoms with Crippen molar-refractivity contribution < 1.29 is 4.74 Å². The predicted molar refractivity (Wildman–Crippen MR) is 131 cm³/mol. The van der Waals surface area contributed by atoms with Gasteiger partial charge in [-0.15, -0.1) is 22.7 Å². The lowest BCUT2D eigenvalue weighted by Crippen LogP contribution is -2.05. The van der Waals surface area contributed by atoms with Crippen LogP contribution in [0.1, 0.15) is 24.3 Å². The topological polar surface area (TPSA) is 9.23 Å². The average Bonchev–Trinajstić information content (AvgIpc) is 3.35. The van der Waals surface area contributed by atoms with Crippen molar-refractivity contribution in [3.8, 4) is 28.0 Å². The van der Waals surface area contributed by atoms with Gasteiger partial charge in [-0.05, 0) is 96.3 Å². The number of thiophene rings is 2. The maximum absolute atomic E-state index is 5.76. The molecule has 3 aromatic carbocycles. The molecule has 0 amide bonds. The second-order valence-corrected chi connectivity index (χ2v) is 10.4. The van der Waals surface area contributed by atoms with Gasteiger partial charge in [0.25, 0.3) is 0 Å². The summed E-state index contributed by atoms with van der Waals surface area (Å²) in [5.41, 5.74) is 7.11. The smallest absolute Gasteiger partial charge is 0.119 e.